The van der Waals surface area contributed by atoms with Crippen LogP contribution in [0.25, 0.3) is 0 Å². The number of pyridine rings is 1. The third-order valence-electron chi connectivity index (χ3n) is 2.86. The molecule has 2 aromatic heterocycles. The largest absolute Gasteiger partial charge is 0.301 e. The normalized spacial score (nSPS) is 11.7. The first-order valence-corrected chi connectivity index (χ1v) is 8.67. The van der Waals surface area contributed by atoms with Gasteiger partial charge in [-0.15, -0.1) is 11.3 Å². The Bertz CT molecular complexity index is 679. The van der Waals surface area contributed by atoms with Gasteiger partial charge in [0.1, 0.15) is 11.1 Å². The van der Waals surface area contributed by atoms with E-state index in [4.69, 9.17) is 0 Å². The number of rotatable bonds is 6. The Labute approximate surface area is 137 Å². The van der Waals surface area contributed by atoms with Gasteiger partial charge in [-0.1, -0.05) is 25.1 Å². The SMILES string of the molecule is CCCc1ccc(C#N)c(SC(C)C(=O)Nc2nccs2)n1. The van der Waals surface area contributed by atoms with Crippen molar-refractivity contribution in [2.45, 2.75) is 37.0 Å². The van der Waals surface area contributed by atoms with Crippen molar-refractivity contribution in [2.24, 2.45) is 0 Å². The molecule has 0 radical (unpaired) electrons. The van der Waals surface area contributed by atoms with Gasteiger partial charge in [-0.25, -0.2) is 9.97 Å². The van der Waals surface area contributed by atoms with E-state index in [0.717, 1.165) is 18.5 Å². The molecular weight excluding hydrogens is 316 g/mol. The number of hydrogen-bond acceptors (Lipinski definition) is 6. The molecule has 0 aromatic carbocycles. The number of amides is 1. The summed E-state index contributed by atoms with van der Waals surface area (Å²) in [5.41, 5.74) is 1.44. The molecule has 2 aromatic rings. The second-order valence-corrected chi connectivity index (χ2v) is 6.83. The zero-order chi connectivity index (χ0) is 15.9. The lowest BCUT2D eigenvalue weighted by atomic mass is 10.2. The van der Waals surface area contributed by atoms with Gasteiger partial charge in [-0.3, -0.25) is 4.79 Å². The summed E-state index contributed by atoms with van der Waals surface area (Å²) >= 11 is 2.67. The molecule has 22 heavy (non-hydrogen) atoms. The van der Waals surface area contributed by atoms with Crippen LogP contribution in [0.1, 0.15) is 31.5 Å². The number of carbonyl (C=O) groups is 1. The predicted octanol–water partition coefficient (Wildman–Crippen LogP) is 3.48. The van der Waals surface area contributed by atoms with Crippen molar-refractivity contribution in [3.05, 3.63) is 35.0 Å². The summed E-state index contributed by atoms with van der Waals surface area (Å²) in [4.78, 5) is 20.7. The van der Waals surface area contributed by atoms with Crippen molar-refractivity contribution in [3.63, 3.8) is 0 Å². The van der Waals surface area contributed by atoms with Gasteiger partial charge in [0.25, 0.3) is 0 Å². The fourth-order valence-electron chi connectivity index (χ4n) is 1.76. The molecule has 0 aliphatic heterocycles. The quantitative estimate of drug-likeness (QED) is 0.819. The molecule has 7 heteroatoms. The molecule has 1 amide bonds. The molecule has 5 nitrogen and oxygen atoms in total. The van der Waals surface area contributed by atoms with E-state index >= 15 is 0 Å². The summed E-state index contributed by atoms with van der Waals surface area (Å²) in [6, 6.07) is 5.77. The lowest BCUT2D eigenvalue weighted by Gasteiger charge is -2.11. The van der Waals surface area contributed by atoms with Crippen molar-refractivity contribution in [1.29, 1.82) is 5.26 Å². The van der Waals surface area contributed by atoms with Crippen LogP contribution in [0.5, 0.6) is 0 Å². The molecule has 1 N–H and O–H groups in total. The third kappa shape index (κ3) is 4.29. The summed E-state index contributed by atoms with van der Waals surface area (Å²) in [6.07, 6.45) is 3.49. The number of thioether (sulfide) groups is 1. The number of nitrogens with zero attached hydrogens (tertiary/aromatic N) is 3. The Hall–Kier alpha value is -1.91. The Morgan fingerprint density at radius 3 is 3.00 bits per heavy atom. The minimum absolute atomic E-state index is 0.147. The highest BCUT2D eigenvalue weighted by Crippen LogP contribution is 2.26. The highest BCUT2D eigenvalue weighted by Gasteiger charge is 2.18. The molecule has 0 saturated heterocycles. The first-order valence-electron chi connectivity index (χ1n) is 6.91. The van der Waals surface area contributed by atoms with E-state index in [0.29, 0.717) is 15.7 Å². The average molecular weight is 332 g/mol. The van der Waals surface area contributed by atoms with E-state index < -0.39 is 0 Å². The lowest BCUT2D eigenvalue weighted by molar-refractivity contribution is -0.115. The topological polar surface area (TPSA) is 78.7 Å². The summed E-state index contributed by atoms with van der Waals surface area (Å²) in [6.45, 7) is 3.87. The first kappa shape index (κ1) is 16.5. The standard InChI is InChI=1S/C15H16N4OS2/c1-3-4-12-6-5-11(9-16)14(18-12)22-10(2)13(20)19-15-17-7-8-21-15/h5-8,10H,3-4H2,1-2H3,(H,17,19,20). The minimum atomic E-state index is -0.361. The van der Waals surface area contributed by atoms with Gasteiger partial charge < -0.3 is 5.32 Å². The monoisotopic (exact) mass is 332 g/mol. The van der Waals surface area contributed by atoms with Gasteiger partial charge in [-0.05, 0) is 25.5 Å². The van der Waals surface area contributed by atoms with Crippen molar-refractivity contribution in [3.8, 4) is 6.07 Å². The van der Waals surface area contributed by atoms with Gasteiger partial charge in [0.15, 0.2) is 5.13 Å². The van der Waals surface area contributed by atoms with Gasteiger partial charge in [0, 0.05) is 17.3 Å². The van der Waals surface area contributed by atoms with E-state index in [2.05, 4.69) is 28.3 Å². The van der Waals surface area contributed by atoms with Crippen LogP contribution in [0.2, 0.25) is 0 Å². The molecular formula is C15H16N4OS2. The van der Waals surface area contributed by atoms with Crippen LogP contribution in [-0.4, -0.2) is 21.1 Å². The maximum Gasteiger partial charge on any atom is 0.239 e. The number of aryl methyl sites for hydroxylation is 1. The molecule has 0 aliphatic rings. The van der Waals surface area contributed by atoms with Crippen LogP contribution in [0, 0.1) is 11.3 Å². The molecule has 2 heterocycles. The molecule has 1 unspecified atom stereocenters. The maximum atomic E-state index is 12.1. The van der Waals surface area contributed by atoms with Gasteiger partial charge in [-0.2, -0.15) is 5.26 Å². The first-order chi connectivity index (χ1) is 10.6. The second-order valence-electron chi connectivity index (χ2n) is 4.60. The summed E-state index contributed by atoms with van der Waals surface area (Å²) < 4.78 is 0. The van der Waals surface area contributed by atoms with Crippen LogP contribution in [0.4, 0.5) is 5.13 Å². The van der Waals surface area contributed by atoms with Crippen LogP contribution in [-0.2, 0) is 11.2 Å². The van der Waals surface area contributed by atoms with Crippen molar-refractivity contribution in [1.82, 2.24) is 9.97 Å². The van der Waals surface area contributed by atoms with Crippen LogP contribution >= 0.6 is 23.1 Å². The van der Waals surface area contributed by atoms with E-state index in [9.17, 15) is 10.1 Å². The van der Waals surface area contributed by atoms with E-state index in [-0.39, 0.29) is 11.2 Å². The smallest absolute Gasteiger partial charge is 0.239 e. The van der Waals surface area contributed by atoms with Crippen molar-refractivity contribution >= 4 is 34.1 Å². The van der Waals surface area contributed by atoms with Crippen molar-refractivity contribution in [2.75, 3.05) is 5.32 Å². The summed E-state index contributed by atoms with van der Waals surface area (Å²) in [5, 5.41) is 14.6. The van der Waals surface area contributed by atoms with Crippen LogP contribution in [0.15, 0.2) is 28.7 Å². The zero-order valence-electron chi connectivity index (χ0n) is 12.4. The number of thiazole rings is 1. The van der Waals surface area contributed by atoms with Gasteiger partial charge in [0.2, 0.25) is 5.91 Å². The van der Waals surface area contributed by atoms with Gasteiger partial charge >= 0.3 is 0 Å². The Morgan fingerprint density at radius 2 is 2.36 bits per heavy atom. The third-order valence-corrected chi connectivity index (χ3v) is 4.66. The second kappa shape index (κ2) is 7.92. The lowest BCUT2D eigenvalue weighted by Crippen LogP contribution is -2.22. The number of carbonyl (C=O) groups excluding carboxylic acids is 1. The molecule has 0 spiro atoms. The molecule has 0 bridgehead atoms. The van der Waals surface area contributed by atoms with Crippen LogP contribution < -0.4 is 5.32 Å². The molecule has 1 atom stereocenters. The highest BCUT2D eigenvalue weighted by molar-refractivity contribution is 8.00. The number of hydrogen-bond donors (Lipinski definition) is 1. The van der Waals surface area contributed by atoms with Crippen molar-refractivity contribution < 1.29 is 4.79 Å². The molecule has 0 fully saturated rings. The zero-order valence-corrected chi connectivity index (χ0v) is 14.0. The Balaban J connectivity index is 2.09. The molecule has 0 saturated carbocycles. The summed E-state index contributed by atoms with van der Waals surface area (Å²) in [5.74, 6) is -0.147. The Morgan fingerprint density at radius 1 is 1.55 bits per heavy atom. The average Bonchev–Trinajstić information content (AvgIpc) is 3.01. The van der Waals surface area contributed by atoms with E-state index in [1.54, 1.807) is 24.6 Å². The fourth-order valence-corrected chi connectivity index (χ4v) is 3.21. The number of aromatic nitrogens is 2. The number of anilines is 1. The van der Waals surface area contributed by atoms with Crippen LogP contribution in [0.3, 0.4) is 0 Å². The molecule has 114 valence electrons. The highest BCUT2D eigenvalue weighted by atomic mass is 32.2. The Kier molecular flexibility index (Phi) is 5.92. The minimum Gasteiger partial charge on any atom is -0.301 e. The summed E-state index contributed by atoms with van der Waals surface area (Å²) in [7, 11) is 0. The number of nitriles is 1. The molecule has 2 rings (SSSR count). The fraction of sp³-hybridized carbons (Fsp3) is 0.333. The van der Waals surface area contributed by atoms with E-state index in [1.165, 1.54) is 23.1 Å². The van der Waals surface area contributed by atoms with E-state index in [1.807, 2.05) is 6.07 Å². The number of nitrogens with one attached hydrogen (secondary N) is 1. The maximum absolute atomic E-state index is 12.1. The van der Waals surface area contributed by atoms with Gasteiger partial charge in [0.05, 0.1) is 10.8 Å². The molecule has 0 aliphatic carbocycles. The predicted molar refractivity (Wildman–Crippen MR) is 89.0 cm³/mol.